The van der Waals surface area contributed by atoms with Crippen molar-refractivity contribution in [3.05, 3.63) is 108 Å². The van der Waals surface area contributed by atoms with Crippen molar-refractivity contribution in [2.75, 3.05) is 6.61 Å². The monoisotopic (exact) mass is 395 g/mol. The fourth-order valence-electron chi connectivity index (χ4n) is 3.05. The summed E-state index contributed by atoms with van der Waals surface area (Å²) >= 11 is 0. The van der Waals surface area contributed by atoms with Crippen LogP contribution < -0.4 is 4.74 Å². The smallest absolute Gasteiger partial charge is 0.231 e. The Morgan fingerprint density at radius 3 is 2.47 bits per heavy atom. The van der Waals surface area contributed by atoms with Gasteiger partial charge in [0.2, 0.25) is 5.89 Å². The number of fused-ring (bicyclic) bond motifs is 1. The summed E-state index contributed by atoms with van der Waals surface area (Å²) in [6.45, 7) is 6.08. The minimum atomic E-state index is -0.145. The largest absolute Gasteiger partial charge is 0.490 e. The number of hydrogen-bond donors (Lipinski definition) is 0. The third-order valence-corrected chi connectivity index (χ3v) is 4.64. The van der Waals surface area contributed by atoms with Gasteiger partial charge in [0.05, 0.1) is 5.57 Å². The quantitative estimate of drug-likeness (QED) is 0.215. The molecule has 0 aliphatic heterocycles. The average Bonchev–Trinajstić information content (AvgIpc) is 3.21. The van der Waals surface area contributed by atoms with Gasteiger partial charge in [-0.3, -0.25) is 4.79 Å². The van der Waals surface area contributed by atoms with Gasteiger partial charge in [0.25, 0.3) is 0 Å². The molecular formula is C26H21NO3. The summed E-state index contributed by atoms with van der Waals surface area (Å²) in [4.78, 5) is 17.9. The summed E-state index contributed by atoms with van der Waals surface area (Å²) in [5.41, 5.74) is 4.27. The van der Waals surface area contributed by atoms with Gasteiger partial charge < -0.3 is 9.15 Å². The first-order chi connectivity index (χ1) is 14.6. The molecular weight excluding hydrogens is 374 g/mol. The average molecular weight is 395 g/mol. The zero-order chi connectivity index (χ0) is 20.9. The van der Waals surface area contributed by atoms with Gasteiger partial charge in [-0.15, -0.1) is 0 Å². The maximum atomic E-state index is 13.3. The number of ketones is 1. The number of para-hydroxylation sites is 2. The molecule has 0 unspecified atom stereocenters. The van der Waals surface area contributed by atoms with Crippen LogP contribution in [-0.2, 0) is 0 Å². The van der Waals surface area contributed by atoms with Gasteiger partial charge >= 0.3 is 0 Å². The third kappa shape index (κ3) is 4.23. The zero-order valence-electron chi connectivity index (χ0n) is 16.7. The molecule has 0 bridgehead atoms. The van der Waals surface area contributed by atoms with Gasteiger partial charge in [0.1, 0.15) is 17.9 Å². The second-order valence-corrected chi connectivity index (χ2v) is 6.91. The summed E-state index contributed by atoms with van der Waals surface area (Å²) in [5, 5.41) is 0. The number of aromatic nitrogens is 1. The van der Waals surface area contributed by atoms with Crippen LogP contribution in [0.2, 0.25) is 0 Å². The van der Waals surface area contributed by atoms with E-state index in [9.17, 15) is 4.79 Å². The number of benzene rings is 3. The summed E-state index contributed by atoms with van der Waals surface area (Å²) in [7, 11) is 0. The fourth-order valence-corrected chi connectivity index (χ4v) is 3.05. The van der Waals surface area contributed by atoms with E-state index in [2.05, 4.69) is 11.6 Å². The normalized spacial score (nSPS) is 11.4. The first-order valence-electron chi connectivity index (χ1n) is 9.67. The maximum absolute atomic E-state index is 13.3. The van der Waals surface area contributed by atoms with Crippen molar-refractivity contribution in [3.8, 4) is 5.75 Å². The SMILES string of the molecule is C=CCOc1ccc(/C=C(\C(=O)c2ccc(C)cc2)c2nc3ccccc3o2)cc1. The van der Waals surface area contributed by atoms with Crippen molar-refractivity contribution >= 4 is 28.5 Å². The molecule has 30 heavy (non-hydrogen) atoms. The van der Waals surface area contributed by atoms with Crippen molar-refractivity contribution in [3.63, 3.8) is 0 Å². The molecule has 0 fully saturated rings. The van der Waals surface area contributed by atoms with Gasteiger partial charge in [-0.1, -0.05) is 66.7 Å². The molecule has 4 nitrogen and oxygen atoms in total. The topological polar surface area (TPSA) is 52.3 Å². The number of carbonyl (C=O) groups excluding carboxylic acids is 1. The number of Topliss-reactive ketones (excluding diaryl/α,β-unsaturated/α-hetero) is 1. The lowest BCUT2D eigenvalue weighted by Gasteiger charge is -2.06. The first kappa shape index (κ1) is 19.4. The third-order valence-electron chi connectivity index (χ3n) is 4.64. The summed E-state index contributed by atoms with van der Waals surface area (Å²) in [6.07, 6.45) is 3.49. The number of ether oxygens (including phenoxy) is 1. The number of nitrogens with zero attached hydrogens (tertiary/aromatic N) is 1. The summed E-state index contributed by atoms with van der Waals surface area (Å²) in [6, 6.07) is 22.4. The minimum absolute atomic E-state index is 0.145. The van der Waals surface area contributed by atoms with Crippen LogP contribution >= 0.6 is 0 Å². The highest BCUT2D eigenvalue weighted by molar-refractivity contribution is 6.31. The minimum Gasteiger partial charge on any atom is -0.490 e. The van der Waals surface area contributed by atoms with Crippen LogP contribution in [0, 0.1) is 6.92 Å². The number of carbonyl (C=O) groups is 1. The summed E-state index contributed by atoms with van der Waals surface area (Å²) in [5.74, 6) is 0.891. The standard InChI is InChI=1S/C26H21NO3/c1-3-16-29-21-14-10-19(11-15-21)17-22(25(28)20-12-8-18(2)9-13-20)26-27-23-6-4-5-7-24(23)30-26/h3-15,17H,1,16H2,2H3/b22-17+. The highest BCUT2D eigenvalue weighted by Gasteiger charge is 2.20. The Kier molecular flexibility index (Phi) is 5.57. The Labute approximate surface area is 175 Å². The van der Waals surface area contributed by atoms with Crippen LogP contribution in [0.3, 0.4) is 0 Å². The van der Waals surface area contributed by atoms with E-state index in [1.54, 1.807) is 12.2 Å². The fraction of sp³-hybridized carbons (Fsp3) is 0.0769. The Bertz CT molecular complexity index is 1180. The molecule has 4 heteroatoms. The number of rotatable bonds is 7. The molecule has 0 saturated carbocycles. The Morgan fingerprint density at radius 2 is 1.77 bits per heavy atom. The van der Waals surface area contributed by atoms with Crippen LogP contribution in [0.5, 0.6) is 5.75 Å². The van der Waals surface area contributed by atoms with E-state index in [0.29, 0.717) is 34.7 Å². The second kappa shape index (κ2) is 8.62. The molecule has 148 valence electrons. The number of oxazole rings is 1. The van der Waals surface area contributed by atoms with Crippen LogP contribution in [0.25, 0.3) is 22.7 Å². The molecule has 0 amide bonds. The highest BCUT2D eigenvalue weighted by atomic mass is 16.5. The highest BCUT2D eigenvalue weighted by Crippen LogP contribution is 2.27. The van der Waals surface area contributed by atoms with E-state index in [4.69, 9.17) is 9.15 Å². The molecule has 1 heterocycles. The van der Waals surface area contributed by atoms with Gasteiger partial charge in [-0.2, -0.15) is 0 Å². The first-order valence-corrected chi connectivity index (χ1v) is 9.67. The molecule has 4 rings (SSSR count). The van der Waals surface area contributed by atoms with E-state index in [0.717, 1.165) is 16.9 Å². The zero-order valence-corrected chi connectivity index (χ0v) is 16.7. The Balaban J connectivity index is 1.76. The van der Waals surface area contributed by atoms with Crippen LogP contribution in [-0.4, -0.2) is 17.4 Å². The van der Waals surface area contributed by atoms with E-state index in [1.807, 2.05) is 79.7 Å². The maximum Gasteiger partial charge on any atom is 0.231 e. The van der Waals surface area contributed by atoms with Gasteiger partial charge in [-0.25, -0.2) is 4.98 Å². The molecule has 0 aliphatic carbocycles. The molecule has 1 aromatic heterocycles. The van der Waals surface area contributed by atoms with Crippen molar-refractivity contribution in [2.24, 2.45) is 0 Å². The van der Waals surface area contributed by atoms with E-state index < -0.39 is 0 Å². The lowest BCUT2D eigenvalue weighted by Crippen LogP contribution is -2.03. The molecule has 0 saturated heterocycles. The van der Waals surface area contributed by atoms with Crippen LogP contribution in [0.4, 0.5) is 0 Å². The number of aryl methyl sites for hydroxylation is 1. The number of allylic oxidation sites excluding steroid dienone is 1. The summed E-state index contributed by atoms with van der Waals surface area (Å²) < 4.78 is 11.4. The van der Waals surface area contributed by atoms with Crippen LogP contribution in [0.15, 0.2) is 89.9 Å². The molecule has 3 aromatic carbocycles. The molecule has 0 N–H and O–H groups in total. The lowest BCUT2D eigenvalue weighted by atomic mass is 10.00. The second-order valence-electron chi connectivity index (χ2n) is 6.91. The van der Waals surface area contributed by atoms with Crippen LogP contribution in [0.1, 0.15) is 27.4 Å². The Morgan fingerprint density at radius 1 is 1.03 bits per heavy atom. The molecule has 0 spiro atoms. The van der Waals surface area contributed by atoms with E-state index >= 15 is 0 Å². The van der Waals surface area contributed by atoms with E-state index in [-0.39, 0.29) is 5.78 Å². The molecule has 0 aliphatic rings. The van der Waals surface area contributed by atoms with Gasteiger partial charge in [0.15, 0.2) is 11.4 Å². The molecule has 0 radical (unpaired) electrons. The lowest BCUT2D eigenvalue weighted by molar-refractivity contribution is 0.105. The van der Waals surface area contributed by atoms with E-state index in [1.165, 1.54) is 0 Å². The predicted octanol–water partition coefficient (Wildman–Crippen LogP) is 6.12. The van der Waals surface area contributed by atoms with Crippen molar-refractivity contribution in [2.45, 2.75) is 6.92 Å². The number of hydrogen-bond acceptors (Lipinski definition) is 4. The molecule has 4 aromatic rings. The predicted molar refractivity (Wildman–Crippen MR) is 120 cm³/mol. The van der Waals surface area contributed by atoms with Crippen molar-refractivity contribution in [1.29, 1.82) is 0 Å². The van der Waals surface area contributed by atoms with Gasteiger partial charge in [-0.05, 0) is 42.8 Å². The Hall–Kier alpha value is -3.92. The van der Waals surface area contributed by atoms with Crippen molar-refractivity contribution < 1.29 is 13.9 Å². The van der Waals surface area contributed by atoms with Crippen molar-refractivity contribution in [1.82, 2.24) is 4.98 Å². The van der Waals surface area contributed by atoms with Gasteiger partial charge in [0, 0.05) is 5.56 Å². The molecule has 0 atom stereocenters.